The second-order valence-corrected chi connectivity index (χ2v) is 6.47. The van der Waals surface area contributed by atoms with Crippen LogP contribution in [-0.2, 0) is 14.3 Å². The second kappa shape index (κ2) is 8.60. The maximum atomic E-state index is 12.7. The van der Waals surface area contributed by atoms with Gasteiger partial charge in [-0.05, 0) is 36.8 Å². The molecule has 0 fully saturated rings. The van der Waals surface area contributed by atoms with Crippen LogP contribution in [0.4, 0.5) is 17.1 Å². The highest BCUT2D eigenvalue weighted by Gasteiger charge is 2.35. The van der Waals surface area contributed by atoms with Gasteiger partial charge in [-0.1, -0.05) is 6.92 Å². The van der Waals surface area contributed by atoms with E-state index < -0.39 is 28.8 Å². The molecule has 1 N–H and O–H groups in total. The number of carbonyl (C=O) groups is 3. The number of nitrogens with zero attached hydrogens (tertiary/aromatic N) is 2. The van der Waals surface area contributed by atoms with Crippen LogP contribution in [0, 0.1) is 10.1 Å². The van der Waals surface area contributed by atoms with Crippen LogP contribution in [0.3, 0.4) is 0 Å². The summed E-state index contributed by atoms with van der Waals surface area (Å²) in [6.07, 6.45) is -0.409. The molecule has 0 saturated carbocycles. The number of anilines is 2. The molecule has 0 bridgehead atoms. The Morgan fingerprint density at radius 1 is 1.23 bits per heavy atom. The molecule has 1 atom stereocenters. The number of ether oxygens (including phenoxy) is 2. The highest BCUT2D eigenvalue weighted by atomic mass is 16.6. The average molecular weight is 413 g/mol. The van der Waals surface area contributed by atoms with E-state index in [1.807, 2.05) is 0 Å². The standard InChI is InChI=1S/C20H19N3O7/c1-3-16-19(25)22(15-10-14(23(27)28)8-9-17(15)30-16)11-18(24)21-13-6-4-12(5-7-13)20(26)29-2/h4-10,16H,3,11H2,1-2H3,(H,21,24). The molecule has 0 aliphatic carbocycles. The van der Waals surface area contributed by atoms with Crippen molar-refractivity contribution in [2.75, 3.05) is 23.9 Å². The molecule has 2 aromatic carbocycles. The maximum Gasteiger partial charge on any atom is 0.337 e. The van der Waals surface area contributed by atoms with Crippen LogP contribution in [0.2, 0.25) is 0 Å². The summed E-state index contributed by atoms with van der Waals surface area (Å²) >= 11 is 0. The first-order valence-corrected chi connectivity index (χ1v) is 9.08. The van der Waals surface area contributed by atoms with E-state index in [9.17, 15) is 24.5 Å². The number of hydrogen-bond donors (Lipinski definition) is 1. The fourth-order valence-corrected chi connectivity index (χ4v) is 3.00. The molecule has 1 aliphatic heterocycles. The van der Waals surface area contributed by atoms with Gasteiger partial charge in [0.05, 0.1) is 23.3 Å². The Hall–Kier alpha value is -3.95. The van der Waals surface area contributed by atoms with Crippen molar-refractivity contribution in [3.05, 3.63) is 58.1 Å². The van der Waals surface area contributed by atoms with E-state index in [1.54, 1.807) is 6.92 Å². The topological polar surface area (TPSA) is 128 Å². The Balaban J connectivity index is 1.81. The molecular formula is C20H19N3O7. The molecule has 30 heavy (non-hydrogen) atoms. The van der Waals surface area contributed by atoms with Crippen LogP contribution in [-0.4, -0.2) is 42.5 Å². The molecule has 10 nitrogen and oxygen atoms in total. The highest BCUT2D eigenvalue weighted by Crippen LogP contribution is 2.37. The first-order chi connectivity index (χ1) is 14.3. The van der Waals surface area contributed by atoms with Crippen LogP contribution in [0.15, 0.2) is 42.5 Å². The fraction of sp³-hybridized carbons (Fsp3) is 0.250. The zero-order valence-corrected chi connectivity index (χ0v) is 16.3. The van der Waals surface area contributed by atoms with Crippen LogP contribution in [0.1, 0.15) is 23.7 Å². The molecular weight excluding hydrogens is 394 g/mol. The SMILES string of the molecule is CCC1Oc2ccc([N+](=O)[O-])cc2N(CC(=O)Nc2ccc(C(=O)OC)cc2)C1=O. The Kier molecular flexibility index (Phi) is 5.95. The lowest BCUT2D eigenvalue weighted by Crippen LogP contribution is -2.48. The number of esters is 1. The molecule has 1 unspecified atom stereocenters. The van der Waals surface area contributed by atoms with E-state index in [0.717, 1.165) is 0 Å². The molecule has 0 aromatic heterocycles. The lowest BCUT2D eigenvalue weighted by Gasteiger charge is -2.33. The number of fused-ring (bicyclic) bond motifs is 1. The van der Waals surface area contributed by atoms with Crippen molar-refractivity contribution >= 4 is 34.8 Å². The largest absolute Gasteiger partial charge is 0.478 e. The van der Waals surface area contributed by atoms with Gasteiger partial charge in [0.2, 0.25) is 5.91 Å². The van der Waals surface area contributed by atoms with Crippen molar-refractivity contribution in [1.29, 1.82) is 0 Å². The van der Waals surface area contributed by atoms with E-state index in [-0.39, 0.29) is 17.9 Å². The third kappa shape index (κ3) is 4.22. The molecule has 1 heterocycles. The number of amides is 2. The highest BCUT2D eigenvalue weighted by molar-refractivity contribution is 6.06. The molecule has 10 heteroatoms. The summed E-state index contributed by atoms with van der Waals surface area (Å²) in [5, 5.41) is 13.7. The average Bonchev–Trinajstić information content (AvgIpc) is 2.75. The summed E-state index contributed by atoms with van der Waals surface area (Å²) in [6, 6.07) is 9.94. The molecule has 2 amide bonds. The minimum absolute atomic E-state index is 0.162. The Labute approximate surface area is 171 Å². The second-order valence-electron chi connectivity index (χ2n) is 6.47. The van der Waals surface area contributed by atoms with Crippen LogP contribution in [0.25, 0.3) is 0 Å². The van der Waals surface area contributed by atoms with Gasteiger partial charge in [-0.25, -0.2) is 4.79 Å². The van der Waals surface area contributed by atoms with Crippen molar-refractivity contribution in [3.63, 3.8) is 0 Å². The molecule has 0 spiro atoms. The van der Waals surface area contributed by atoms with Crippen LogP contribution < -0.4 is 15.0 Å². The van der Waals surface area contributed by atoms with Gasteiger partial charge in [0.25, 0.3) is 11.6 Å². The summed E-state index contributed by atoms with van der Waals surface area (Å²) in [5.74, 6) is -1.18. The van der Waals surface area contributed by atoms with Crippen molar-refractivity contribution in [2.24, 2.45) is 0 Å². The minimum Gasteiger partial charge on any atom is -0.478 e. The van der Waals surface area contributed by atoms with Gasteiger partial charge < -0.3 is 14.8 Å². The number of carbonyl (C=O) groups excluding carboxylic acids is 3. The summed E-state index contributed by atoms with van der Waals surface area (Å²) in [4.78, 5) is 48.5. The third-order valence-corrected chi connectivity index (χ3v) is 4.52. The maximum absolute atomic E-state index is 12.7. The van der Waals surface area contributed by atoms with Crippen LogP contribution in [0.5, 0.6) is 5.75 Å². The molecule has 156 valence electrons. The van der Waals surface area contributed by atoms with E-state index in [0.29, 0.717) is 23.4 Å². The Bertz CT molecular complexity index is 1000. The zero-order chi connectivity index (χ0) is 21.8. The van der Waals surface area contributed by atoms with Crippen LogP contribution >= 0.6 is 0 Å². The number of nitro benzene ring substituents is 1. The van der Waals surface area contributed by atoms with Crippen molar-refractivity contribution < 1.29 is 28.8 Å². The van der Waals surface area contributed by atoms with Crippen molar-refractivity contribution in [2.45, 2.75) is 19.4 Å². The van der Waals surface area contributed by atoms with Gasteiger partial charge in [-0.15, -0.1) is 0 Å². The molecule has 1 aliphatic rings. The van der Waals surface area contributed by atoms with E-state index in [2.05, 4.69) is 10.1 Å². The first kappa shape index (κ1) is 20.8. The van der Waals surface area contributed by atoms with Gasteiger partial charge >= 0.3 is 5.97 Å². The van der Waals surface area contributed by atoms with E-state index in [1.165, 1.54) is 54.5 Å². The Morgan fingerprint density at radius 2 is 1.93 bits per heavy atom. The Morgan fingerprint density at radius 3 is 2.53 bits per heavy atom. The van der Waals surface area contributed by atoms with Gasteiger partial charge in [-0.2, -0.15) is 0 Å². The van der Waals surface area contributed by atoms with E-state index >= 15 is 0 Å². The monoisotopic (exact) mass is 413 g/mol. The number of non-ortho nitro benzene ring substituents is 1. The summed E-state index contributed by atoms with van der Waals surface area (Å²) < 4.78 is 10.2. The predicted molar refractivity (Wildman–Crippen MR) is 107 cm³/mol. The normalized spacial score (nSPS) is 15.1. The van der Waals surface area contributed by atoms with Gasteiger partial charge in [0.1, 0.15) is 12.3 Å². The number of rotatable bonds is 6. The van der Waals surface area contributed by atoms with Gasteiger partial charge in [0.15, 0.2) is 6.10 Å². The lowest BCUT2D eigenvalue weighted by atomic mass is 10.1. The third-order valence-electron chi connectivity index (χ3n) is 4.52. The number of nitrogens with one attached hydrogen (secondary N) is 1. The molecule has 2 aromatic rings. The van der Waals surface area contributed by atoms with Gasteiger partial charge in [-0.3, -0.25) is 24.6 Å². The predicted octanol–water partition coefficient (Wildman–Crippen LogP) is 2.52. The summed E-state index contributed by atoms with van der Waals surface area (Å²) in [7, 11) is 1.27. The summed E-state index contributed by atoms with van der Waals surface area (Å²) in [6.45, 7) is 1.41. The molecule has 0 radical (unpaired) electrons. The fourth-order valence-electron chi connectivity index (χ4n) is 3.00. The number of methoxy groups -OCH3 is 1. The smallest absolute Gasteiger partial charge is 0.337 e. The van der Waals surface area contributed by atoms with Gasteiger partial charge in [0, 0.05) is 17.8 Å². The minimum atomic E-state index is -0.786. The van der Waals surface area contributed by atoms with Crippen molar-refractivity contribution in [3.8, 4) is 5.75 Å². The van der Waals surface area contributed by atoms with Crippen molar-refractivity contribution in [1.82, 2.24) is 0 Å². The number of hydrogen-bond acceptors (Lipinski definition) is 7. The summed E-state index contributed by atoms with van der Waals surface area (Å²) in [5.41, 5.74) is 0.685. The molecule has 0 saturated heterocycles. The quantitative estimate of drug-likeness (QED) is 0.438. The lowest BCUT2D eigenvalue weighted by molar-refractivity contribution is -0.384. The zero-order valence-electron chi connectivity index (χ0n) is 16.3. The number of benzene rings is 2. The van der Waals surface area contributed by atoms with E-state index in [4.69, 9.17) is 4.74 Å². The first-order valence-electron chi connectivity index (χ1n) is 9.08. The molecule has 3 rings (SSSR count). The number of nitro groups is 1.